The Balaban J connectivity index is 1.91. The van der Waals surface area contributed by atoms with E-state index < -0.39 is 0 Å². The van der Waals surface area contributed by atoms with Crippen LogP contribution < -0.4 is 5.73 Å². The lowest BCUT2D eigenvalue weighted by Crippen LogP contribution is -2.27. The van der Waals surface area contributed by atoms with Gasteiger partial charge in [0.1, 0.15) is 0 Å². The molecule has 0 amide bonds. The van der Waals surface area contributed by atoms with Gasteiger partial charge in [0.15, 0.2) is 0 Å². The minimum atomic E-state index is 0.651. The first-order chi connectivity index (χ1) is 6.92. The van der Waals surface area contributed by atoms with E-state index >= 15 is 0 Å². The minimum absolute atomic E-state index is 0.651. The lowest BCUT2D eigenvalue weighted by Gasteiger charge is -2.25. The number of hydrogen-bond acceptors (Lipinski definition) is 2. The Morgan fingerprint density at radius 3 is 2.36 bits per heavy atom. The molecule has 0 aromatic heterocycles. The van der Waals surface area contributed by atoms with E-state index in [1.54, 1.807) is 0 Å². The second-order valence-corrected chi connectivity index (χ2v) is 4.95. The quantitative estimate of drug-likeness (QED) is 0.689. The standard InChI is InChI=1S/C12H23NO/c13-7-11-8-14-9-12(11)10-5-3-1-2-4-6-10/h10-12H,1-9,13H2. The molecule has 1 aliphatic heterocycles. The van der Waals surface area contributed by atoms with Crippen LogP contribution in [0.2, 0.25) is 0 Å². The van der Waals surface area contributed by atoms with Crippen LogP contribution in [0.15, 0.2) is 0 Å². The zero-order valence-corrected chi connectivity index (χ0v) is 9.08. The fourth-order valence-corrected chi connectivity index (χ4v) is 3.12. The molecular weight excluding hydrogens is 174 g/mol. The maximum absolute atomic E-state index is 5.79. The van der Waals surface area contributed by atoms with Crippen molar-refractivity contribution in [2.24, 2.45) is 23.5 Å². The minimum Gasteiger partial charge on any atom is -0.381 e. The number of rotatable bonds is 2. The van der Waals surface area contributed by atoms with Crippen molar-refractivity contribution < 1.29 is 4.74 Å². The summed E-state index contributed by atoms with van der Waals surface area (Å²) >= 11 is 0. The molecule has 2 unspecified atom stereocenters. The number of nitrogens with two attached hydrogens (primary N) is 1. The van der Waals surface area contributed by atoms with Gasteiger partial charge in [0, 0.05) is 0 Å². The highest BCUT2D eigenvalue weighted by atomic mass is 16.5. The Morgan fingerprint density at radius 2 is 1.71 bits per heavy atom. The van der Waals surface area contributed by atoms with Crippen LogP contribution >= 0.6 is 0 Å². The van der Waals surface area contributed by atoms with E-state index in [0.717, 1.165) is 31.6 Å². The van der Waals surface area contributed by atoms with Gasteiger partial charge in [0.05, 0.1) is 13.2 Å². The average Bonchev–Trinajstić information content (AvgIpc) is 2.52. The molecule has 82 valence electrons. The fraction of sp³-hybridized carbons (Fsp3) is 1.00. The van der Waals surface area contributed by atoms with Crippen LogP contribution in [-0.2, 0) is 4.74 Å². The summed E-state index contributed by atoms with van der Waals surface area (Å²) in [6, 6.07) is 0. The molecule has 1 saturated carbocycles. The molecule has 0 aromatic rings. The smallest absolute Gasteiger partial charge is 0.0510 e. The van der Waals surface area contributed by atoms with E-state index in [2.05, 4.69) is 0 Å². The summed E-state index contributed by atoms with van der Waals surface area (Å²) in [7, 11) is 0. The van der Waals surface area contributed by atoms with E-state index in [1.165, 1.54) is 38.5 Å². The highest BCUT2D eigenvalue weighted by molar-refractivity contribution is 4.82. The van der Waals surface area contributed by atoms with Crippen LogP contribution in [-0.4, -0.2) is 19.8 Å². The Hall–Kier alpha value is -0.0800. The summed E-state index contributed by atoms with van der Waals surface area (Å²) < 4.78 is 5.57. The molecular formula is C12H23NO. The Kier molecular flexibility index (Phi) is 3.82. The first-order valence-corrected chi connectivity index (χ1v) is 6.19. The first-order valence-electron chi connectivity index (χ1n) is 6.19. The van der Waals surface area contributed by atoms with Crippen molar-refractivity contribution in [3.8, 4) is 0 Å². The third-order valence-electron chi connectivity index (χ3n) is 4.06. The molecule has 0 spiro atoms. The Labute approximate surface area is 87.2 Å². The van der Waals surface area contributed by atoms with Gasteiger partial charge in [-0.2, -0.15) is 0 Å². The van der Waals surface area contributed by atoms with Gasteiger partial charge in [-0.15, -0.1) is 0 Å². The van der Waals surface area contributed by atoms with Crippen molar-refractivity contribution in [2.45, 2.75) is 38.5 Å². The second-order valence-electron chi connectivity index (χ2n) is 4.95. The third kappa shape index (κ3) is 2.29. The molecule has 2 fully saturated rings. The van der Waals surface area contributed by atoms with Gasteiger partial charge >= 0.3 is 0 Å². The third-order valence-corrected chi connectivity index (χ3v) is 4.06. The van der Waals surface area contributed by atoms with Crippen LogP contribution in [0, 0.1) is 17.8 Å². The van der Waals surface area contributed by atoms with Crippen LogP contribution in [0.5, 0.6) is 0 Å². The Morgan fingerprint density at radius 1 is 1.00 bits per heavy atom. The van der Waals surface area contributed by atoms with E-state index in [1.807, 2.05) is 0 Å². The number of hydrogen-bond donors (Lipinski definition) is 1. The maximum atomic E-state index is 5.79. The molecule has 2 rings (SSSR count). The summed E-state index contributed by atoms with van der Waals surface area (Å²) in [5.41, 5.74) is 5.79. The van der Waals surface area contributed by atoms with Crippen molar-refractivity contribution in [2.75, 3.05) is 19.8 Å². The molecule has 14 heavy (non-hydrogen) atoms. The van der Waals surface area contributed by atoms with E-state index in [9.17, 15) is 0 Å². The SMILES string of the molecule is NCC1COCC1C1CCCCCC1. The van der Waals surface area contributed by atoms with Crippen molar-refractivity contribution in [3.05, 3.63) is 0 Å². The summed E-state index contributed by atoms with van der Waals surface area (Å²) in [6.45, 7) is 2.71. The molecule has 2 nitrogen and oxygen atoms in total. The monoisotopic (exact) mass is 197 g/mol. The predicted molar refractivity (Wildman–Crippen MR) is 58.0 cm³/mol. The zero-order valence-electron chi connectivity index (χ0n) is 9.08. The van der Waals surface area contributed by atoms with Crippen LogP contribution in [0.1, 0.15) is 38.5 Å². The van der Waals surface area contributed by atoms with Crippen LogP contribution in [0.3, 0.4) is 0 Å². The van der Waals surface area contributed by atoms with Gasteiger partial charge in [0.2, 0.25) is 0 Å². The van der Waals surface area contributed by atoms with E-state index in [0.29, 0.717) is 5.92 Å². The topological polar surface area (TPSA) is 35.2 Å². The lowest BCUT2D eigenvalue weighted by molar-refractivity contribution is 0.167. The highest BCUT2D eigenvalue weighted by Gasteiger charge is 2.33. The van der Waals surface area contributed by atoms with Crippen molar-refractivity contribution in [1.29, 1.82) is 0 Å². The summed E-state index contributed by atoms with van der Waals surface area (Å²) in [6.07, 6.45) is 8.58. The van der Waals surface area contributed by atoms with Crippen molar-refractivity contribution in [1.82, 2.24) is 0 Å². The Bertz CT molecular complexity index is 164. The van der Waals surface area contributed by atoms with E-state index in [-0.39, 0.29) is 0 Å². The molecule has 2 aliphatic rings. The van der Waals surface area contributed by atoms with Gasteiger partial charge in [-0.1, -0.05) is 38.5 Å². The fourth-order valence-electron chi connectivity index (χ4n) is 3.12. The van der Waals surface area contributed by atoms with Gasteiger partial charge < -0.3 is 10.5 Å². The van der Waals surface area contributed by atoms with Gasteiger partial charge in [0.25, 0.3) is 0 Å². The molecule has 1 heterocycles. The number of ether oxygens (including phenoxy) is 1. The lowest BCUT2D eigenvalue weighted by atomic mass is 9.80. The molecule has 1 saturated heterocycles. The summed E-state index contributed by atoms with van der Waals surface area (Å²) in [5.74, 6) is 2.34. The van der Waals surface area contributed by atoms with Gasteiger partial charge in [-0.25, -0.2) is 0 Å². The first kappa shape index (κ1) is 10.4. The van der Waals surface area contributed by atoms with Crippen molar-refractivity contribution >= 4 is 0 Å². The second kappa shape index (κ2) is 5.13. The van der Waals surface area contributed by atoms with Gasteiger partial charge in [-0.3, -0.25) is 0 Å². The van der Waals surface area contributed by atoms with E-state index in [4.69, 9.17) is 10.5 Å². The molecule has 2 atom stereocenters. The molecule has 0 bridgehead atoms. The molecule has 2 N–H and O–H groups in total. The highest BCUT2D eigenvalue weighted by Crippen LogP contribution is 2.35. The maximum Gasteiger partial charge on any atom is 0.0510 e. The van der Waals surface area contributed by atoms with Gasteiger partial charge in [-0.05, 0) is 24.3 Å². The summed E-state index contributed by atoms with van der Waals surface area (Å²) in [4.78, 5) is 0. The van der Waals surface area contributed by atoms with Crippen LogP contribution in [0.25, 0.3) is 0 Å². The molecule has 0 aromatic carbocycles. The average molecular weight is 197 g/mol. The largest absolute Gasteiger partial charge is 0.381 e. The molecule has 1 aliphatic carbocycles. The molecule has 0 radical (unpaired) electrons. The zero-order chi connectivity index (χ0) is 9.80. The summed E-state index contributed by atoms with van der Waals surface area (Å²) in [5, 5.41) is 0. The molecule has 2 heteroatoms. The van der Waals surface area contributed by atoms with Crippen molar-refractivity contribution in [3.63, 3.8) is 0 Å². The predicted octanol–water partition coefficient (Wildman–Crippen LogP) is 2.18. The normalized spacial score (nSPS) is 35.8. The van der Waals surface area contributed by atoms with Crippen LogP contribution in [0.4, 0.5) is 0 Å².